The van der Waals surface area contributed by atoms with Crippen molar-refractivity contribution in [2.45, 2.75) is 12.5 Å². The van der Waals surface area contributed by atoms with Gasteiger partial charge in [-0.1, -0.05) is 23.7 Å². The molecular formula is C42H51ClFN7O13. The van der Waals surface area contributed by atoms with E-state index < -0.39 is 35.7 Å². The molecule has 4 aromatic rings. The van der Waals surface area contributed by atoms with Gasteiger partial charge in [0.15, 0.2) is 5.82 Å². The summed E-state index contributed by atoms with van der Waals surface area (Å²) in [5.41, 5.74) is 1.41. The average Bonchev–Trinajstić information content (AvgIpc) is 3.83. The lowest BCUT2D eigenvalue weighted by Crippen LogP contribution is -2.44. The Morgan fingerprint density at radius 2 is 1.27 bits per heavy atom. The van der Waals surface area contributed by atoms with Gasteiger partial charge in [0, 0.05) is 36.5 Å². The standard InChI is InChI=1S/C42H51ClFN7O13/c1-57-14-15-58-16-17-59-18-19-60-20-21-61-22-23-62-24-25-63-26-27-64-42(56)47-33-6-2-30(3-7-33)28-36(40(53)46-32-8-4-31(5-9-32)41(54)55)48-38(52)13-10-34-37(51-29-45-49-50-51)12-11-35(43)39(34)44/h2-13,29,36H,14-28H2,1H3,(H,46,53)(H,47,56)(H,48,52)(H,54,55)/b13-10+/t36-/m0/s1. The minimum atomic E-state index is -1.17. The van der Waals surface area contributed by atoms with E-state index in [0.29, 0.717) is 90.5 Å². The van der Waals surface area contributed by atoms with Gasteiger partial charge in [-0.15, -0.1) is 5.10 Å². The van der Waals surface area contributed by atoms with E-state index in [1.807, 2.05) is 0 Å². The van der Waals surface area contributed by atoms with Crippen molar-refractivity contribution in [2.75, 3.05) is 110 Å². The van der Waals surface area contributed by atoms with Crippen LogP contribution in [0.4, 0.5) is 20.6 Å². The first-order valence-corrected chi connectivity index (χ1v) is 20.3. The van der Waals surface area contributed by atoms with Gasteiger partial charge >= 0.3 is 12.1 Å². The number of carbonyl (C=O) groups excluding carboxylic acids is 3. The van der Waals surface area contributed by atoms with E-state index in [1.54, 1.807) is 31.4 Å². The summed E-state index contributed by atoms with van der Waals surface area (Å²) < 4.78 is 58.8. The van der Waals surface area contributed by atoms with E-state index >= 15 is 4.39 Å². The Labute approximate surface area is 373 Å². The van der Waals surface area contributed by atoms with Crippen LogP contribution in [0.2, 0.25) is 5.02 Å². The Kier molecular flexibility index (Phi) is 23.3. The summed E-state index contributed by atoms with van der Waals surface area (Å²) in [6, 6.07) is 13.5. The molecule has 0 unspecified atom stereocenters. The minimum absolute atomic E-state index is 0.00682. The number of methoxy groups -OCH3 is 1. The number of hydrogen-bond acceptors (Lipinski definition) is 15. The van der Waals surface area contributed by atoms with Crippen molar-refractivity contribution in [1.82, 2.24) is 25.5 Å². The third kappa shape index (κ3) is 19.2. The molecule has 0 aliphatic heterocycles. The van der Waals surface area contributed by atoms with Gasteiger partial charge in [0.1, 0.15) is 19.0 Å². The number of nitrogens with one attached hydrogen (secondary N) is 3. The predicted molar refractivity (Wildman–Crippen MR) is 229 cm³/mol. The maximum atomic E-state index is 15.1. The maximum absolute atomic E-state index is 15.1. The smallest absolute Gasteiger partial charge is 0.411 e. The fraction of sp³-hybridized carbons (Fsp3) is 0.405. The van der Waals surface area contributed by atoms with Crippen LogP contribution in [-0.4, -0.2) is 155 Å². The molecule has 0 aliphatic carbocycles. The number of ether oxygens (including phenoxy) is 8. The Hall–Kier alpha value is -5.91. The van der Waals surface area contributed by atoms with Gasteiger partial charge < -0.3 is 53.6 Å². The molecule has 1 heterocycles. The zero-order chi connectivity index (χ0) is 45.8. The van der Waals surface area contributed by atoms with Gasteiger partial charge in [0.05, 0.1) is 102 Å². The molecule has 0 radical (unpaired) electrons. The van der Waals surface area contributed by atoms with Crippen molar-refractivity contribution in [3.05, 3.63) is 101 Å². The molecule has 0 spiro atoms. The second kappa shape index (κ2) is 29.5. The number of benzene rings is 3. The number of rotatable bonds is 31. The predicted octanol–water partition coefficient (Wildman–Crippen LogP) is 3.83. The first-order chi connectivity index (χ1) is 31.1. The maximum Gasteiger partial charge on any atom is 0.411 e. The summed E-state index contributed by atoms with van der Waals surface area (Å²) in [7, 11) is 1.62. The lowest BCUT2D eigenvalue weighted by atomic mass is 10.0. The van der Waals surface area contributed by atoms with Crippen LogP contribution >= 0.6 is 11.6 Å². The second-order valence-corrected chi connectivity index (χ2v) is 13.6. The molecule has 0 saturated carbocycles. The van der Waals surface area contributed by atoms with Crippen LogP contribution in [0.1, 0.15) is 21.5 Å². The van der Waals surface area contributed by atoms with Crippen LogP contribution < -0.4 is 16.0 Å². The highest BCUT2D eigenvalue weighted by molar-refractivity contribution is 6.31. The molecule has 0 saturated heterocycles. The summed E-state index contributed by atoms with van der Waals surface area (Å²) in [6.45, 7) is 5.48. The average molecular weight is 916 g/mol. The van der Waals surface area contributed by atoms with Crippen LogP contribution in [0.5, 0.6) is 0 Å². The molecule has 1 atom stereocenters. The van der Waals surface area contributed by atoms with Crippen LogP contribution in [0, 0.1) is 5.82 Å². The van der Waals surface area contributed by atoms with Crippen molar-refractivity contribution in [2.24, 2.45) is 0 Å². The number of halogens is 2. The molecule has 20 nitrogen and oxygen atoms in total. The van der Waals surface area contributed by atoms with E-state index in [2.05, 4.69) is 31.5 Å². The first kappa shape index (κ1) is 50.7. The topological polar surface area (TPSA) is 242 Å². The molecule has 346 valence electrons. The number of aromatic nitrogens is 4. The van der Waals surface area contributed by atoms with Crippen molar-refractivity contribution < 1.29 is 66.6 Å². The van der Waals surface area contributed by atoms with Crippen LogP contribution in [0.25, 0.3) is 11.8 Å². The Balaban J connectivity index is 1.16. The molecule has 0 fully saturated rings. The number of carboxylic acid groups (broad SMARTS) is 1. The van der Waals surface area contributed by atoms with Gasteiger partial charge in [-0.05, 0) is 70.6 Å². The van der Waals surface area contributed by atoms with Crippen LogP contribution in [0.3, 0.4) is 0 Å². The number of carboxylic acids is 1. The Morgan fingerprint density at radius 3 is 1.80 bits per heavy atom. The van der Waals surface area contributed by atoms with Crippen molar-refractivity contribution >= 4 is 52.9 Å². The van der Waals surface area contributed by atoms with Gasteiger partial charge in [0.25, 0.3) is 0 Å². The van der Waals surface area contributed by atoms with Crippen LogP contribution in [0.15, 0.2) is 73.1 Å². The minimum Gasteiger partial charge on any atom is -0.478 e. The molecule has 4 rings (SSSR count). The monoisotopic (exact) mass is 915 g/mol. The van der Waals surface area contributed by atoms with Crippen LogP contribution in [-0.2, 0) is 53.9 Å². The number of aromatic carboxylic acids is 1. The normalized spacial score (nSPS) is 11.7. The molecule has 0 aliphatic rings. The highest BCUT2D eigenvalue weighted by Crippen LogP contribution is 2.25. The van der Waals surface area contributed by atoms with E-state index in [-0.39, 0.29) is 47.2 Å². The van der Waals surface area contributed by atoms with E-state index in [9.17, 15) is 24.3 Å². The molecule has 4 N–H and O–H groups in total. The fourth-order valence-corrected chi connectivity index (χ4v) is 5.52. The second-order valence-electron chi connectivity index (χ2n) is 13.1. The Bertz CT molecular complexity index is 2050. The van der Waals surface area contributed by atoms with Gasteiger partial charge in [0.2, 0.25) is 11.8 Å². The van der Waals surface area contributed by atoms with Crippen molar-refractivity contribution in [1.29, 1.82) is 0 Å². The number of tetrazole rings is 1. The van der Waals surface area contributed by atoms with E-state index in [1.165, 1.54) is 53.5 Å². The highest BCUT2D eigenvalue weighted by Gasteiger charge is 2.22. The van der Waals surface area contributed by atoms with Gasteiger partial charge in [-0.2, -0.15) is 4.68 Å². The molecular weight excluding hydrogens is 865 g/mol. The van der Waals surface area contributed by atoms with Crippen molar-refractivity contribution in [3.8, 4) is 5.69 Å². The SMILES string of the molecule is COCCOCCOCCOCCOCCOCCOCCOC(=O)Nc1ccc(C[C@H](NC(=O)/C=C/c2c(-n3cnnn3)ccc(Cl)c2F)C(=O)Nc2ccc(C(=O)O)cc2)cc1. The largest absolute Gasteiger partial charge is 0.478 e. The number of amides is 3. The molecule has 22 heteroatoms. The molecule has 64 heavy (non-hydrogen) atoms. The number of nitrogens with zero attached hydrogens (tertiary/aromatic N) is 4. The Morgan fingerprint density at radius 1 is 0.734 bits per heavy atom. The molecule has 1 aromatic heterocycles. The zero-order valence-corrected chi connectivity index (χ0v) is 35.8. The first-order valence-electron chi connectivity index (χ1n) is 20.0. The molecule has 3 amide bonds. The molecule has 3 aromatic carbocycles. The summed E-state index contributed by atoms with van der Waals surface area (Å²) in [4.78, 5) is 50.4. The fourth-order valence-electron chi connectivity index (χ4n) is 5.35. The summed E-state index contributed by atoms with van der Waals surface area (Å²) >= 11 is 6.00. The third-order valence-corrected chi connectivity index (χ3v) is 8.82. The summed E-state index contributed by atoms with van der Waals surface area (Å²) in [6.07, 6.45) is 2.72. The highest BCUT2D eigenvalue weighted by atomic mass is 35.5. The summed E-state index contributed by atoms with van der Waals surface area (Å²) in [5, 5.41) is 27.8. The number of hydrogen-bond donors (Lipinski definition) is 4. The van der Waals surface area contributed by atoms with E-state index in [4.69, 9.17) is 49.5 Å². The van der Waals surface area contributed by atoms with Gasteiger partial charge in [-0.25, -0.2) is 14.0 Å². The lowest BCUT2D eigenvalue weighted by Gasteiger charge is -2.18. The third-order valence-electron chi connectivity index (χ3n) is 8.53. The van der Waals surface area contributed by atoms with Crippen molar-refractivity contribution in [3.63, 3.8) is 0 Å². The summed E-state index contributed by atoms with van der Waals surface area (Å²) in [5.74, 6) is -3.34. The lowest BCUT2D eigenvalue weighted by molar-refractivity contribution is -0.123. The zero-order valence-electron chi connectivity index (χ0n) is 35.1. The molecule has 0 bridgehead atoms. The van der Waals surface area contributed by atoms with E-state index in [0.717, 1.165) is 6.08 Å². The quantitative estimate of drug-likeness (QED) is 0.0414. The van der Waals surface area contributed by atoms with Gasteiger partial charge in [-0.3, -0.25) is 14.9 Å². The number of anilines is 2. The number of carbonyl (C=O) groups is 4.